The van der Waals surface area contributed by atoms with Crippen molar-refractivity contribution in [3.8, 4) is 5.75 Å². The number of amides is 1. The summed E-state index contributed by atoms with van der Waals surface area (Å²) in [7, 11) is 0. The molecule has 5 nitrogen and oxygen atoms in total. The minimum absolute atomic E-state index is 0.312. The molecule has 8 heteroatoms. The van der Waals surface area contributed by atoms with E-state index < -0.39 is 6.10 Å². The summed E-state index contributed by atoms with van der Waals surface area (Å²) in [5.74, 6) is 0.460. The van der Waals surface area contributed by atoms with Gasteiger partial charge < -0.3 is 4.74 Å². The fourth-order valence-corrected chi connectivity index (χ4v) is 3.58. The number of nitrogens with zero attached hydrogens (tertiary/aromatic N) is 2. The Kier molecular flexibility index (Phi) is 6.83. The number of rotatable bonds is 7. The van der Waals surface area contributed by atoms with Gasteiger partial charge in [-0.2, -0.15) is 0 Å². The van der Waals surface area contributed by atoms with Gasteiger partial charge in [0.15, 0.2) is 6.10 Å². The molecule has 2 rings (SSSR count). The third kappa shape index (κ3) is 4.82. The minimum Gasteiger partial charge on any atom is -0.479 e. The van der Waals surface area contributed by atoms with Crippen LogP contribution >= 0.6 is 34.5 Å². The number of aromatic nitrogens is 2. The van der Waals surface area contributed by atoms with E-state index in [1.807, 2.05) is 0 Å². The van der Waals surface area contributed by atoms with Gasteiger partial charge in [-0.1, -0.05) is 48.4 Å². The summed E-state index contributed by atoms with van der Waals surface area (Å²) in [4.78, 5) is 12.2. The van der Waals surface area contributed by atoms with Gasteiger partial charge in [-0.15, -0.1) is 10.2 Å². The molecule has 0 aliphatic carbocycles. The summed E-state index contributed by atoms with van der Waals surface area (Å²) in [5.41, 5.74) is 0. The lowest BCUT2D eigenvalue weighted by atomic mass is 10.1. The first-order valence-electron chi connectivity index (χ1n) is 7.70. The van der Waals surface area contributed by atoms with E-state index in [9.17, 15) is 4.79 Å². The van der Waals surface area contributed by atoms with Crippen molar-refractivity contribution in [1.29, 1.82) is 0 Å². The van der Waals surface area contributed by atoms with E-state index in [4.69, 9.17) is 27.9 Å². The van der Waals surface area contributed by atoms with Crippen molar-refractivity contribution in [2.45, 2.75) is 45.6 Å². The molecule has 0 aliphatic rings. The lowest BCUT2D eigenvalue weighted by Crippen LogP contribution is -2.30. The molecule has 1 unspecified atom stereocenters. The molecular formula is C16H19Cl2N3O2S. The molecule has 0 radical (unpaired) electrons. The van der Waals surface area contributed by atoms with Crippen LogP contribution in [0.15, 0.2) is 18.2 Å². The molecule has 130 valence electrons. The van der Waals surface area contributed by atoms with Crippen LogP contribution in [0.5, 0.6) is 5.75 Å². The zero-order valence-electron chi connectivity index (χ0n) is 13.7. The zero-order valence-corrected chi connectivity index (χ0v) is 16.0. The summed E-state index contributed by atoms with van der Waals surface area (Å²) in [6.45, 7) is 5.86. The Hall–Kier alpha value is -1.37. The van der Waals surface area contributed by atoms with Gasteiger partial charge in [0, 0.05) is 10.9 Å². The number of carbonyl (C=O) groups is 1. The smallest absolute Gasteiger partial charge is 0.266 e. The lowest BCUT2D eigenvalue weighted by Gasteiger charge is -2.14. The Morgan fingerprint density at radius 2 is 2.00 bits per heavy atom. The average molecular weight is 388 g/mol. The van der Waals surface area contributed by atoms with E-state index in [1.54, 1.807) is 25.1 Å². The highest BCUT2D eigenvalue weighted by Crippen LogP contribution is 2.30. The molecule has 0 bridgehead atoms. The lowest BCUT2D eigenvalue weighted by molar-refractivity contribution is -0.122. The van der Waals surface area contributed by atoms with Crippen LogP contribution in [0.2, 0.25) is 10.0 Å². The highest BCUT2D eigenvalue weighted by atomic mass is 35.5. The Morgan fingerprint density at radius 1 is 1.29 bits per heavy atom. The van der Waals surface area contributed by atoms with Crippen LogP contribution in [-0.4, -0.2) is 22.2 Å². The van der Waals surface area contributed by atoms with Crippen LogP contribution in [0.4, 0.5) is 5.13 Å². The largest absolute Gasteiger partial charge is 0.479 e. The maximum absolute atomic E-state index is 12.2. The Labute approximate surface area is 155 Å². The molecule has 0 spiro atoms. The van der Waals surface area contributed by atoms with Gasteiger partial charge in [0.05, 0.1) is 5.02 Å². The Balaban J connectivity index is 1.99. The number of benzene rings is 1. The zero-order chi connectivity index (χ0) is 17.7. The van der Waals surface area contributed by atoms with Crippen molar-refractivity contribution in [3.05, 3.63) is 33.3 Å². The maximum atomic E-state index is 12.2. The summed E-state index contributed by atoms with van der Waals surface area (Å²) in [6, 6.07) is 4.85. The van der Waals surface area contributed by atoms with Gasteiger partial charge in [0.1, 0.15) is 10.8 Å². The van der Waals surface area contributed by atoms with Crippen molar-refractivity contribution >= 4 is 45.6 Å². The van der Waals surface area contributed by atoms with Crippen molar-refractivity contribution in [2.75, 3.05) is 5.32 Å². The number of carbonyl (C=O) groups excluding carboxylic acids is 1. The molecule has 1 amide bonds. The topological polar surface area (TPSA) is 64.1 Å². The normalized spacial score (nSPS) is 12.2. The summed E-state index contributed by atoms with van der Waals surface area (Å²) < 4.78 is 5.58. The SMILES string of the molecule is CCC(CC)c1nnc(NC(=O)C(C)Oc2ccc(Cl)cc2Cl)s1. The van der Waals surface area contributed by atoms with Gasteiger partial charge in [-0.05, 0) is 38.0 Å². The van der Waals surface area contributed by atoms with E-state index in [0.29, 0.717) is 26.8 Å². The monoisotopic (exact) mass is 387 g/mol. The van der Waals surface area contributed by atoms with Crippen LogP contribution in [0.25, 0.3) is 0 Å². The number of anilines is 1. The fourth-order valence-electron chi connectivity index (χ4n) is 2.11. The van der Waals surface area contributed by atoms with Crippen LogP contribution in [0, 0.1) is 0 Å². The first kappa shape index (κ1) is 19.0. The highest BCUT2D eigenvalue weighted by Gasteiger charge is 2.19. The fraction of sp³-hybridized carbons (Fsp3) is 0.438. The van der Waals surface area contributed by atoms with E-state index >= 15 is 0 Å². The van der Waals surface area contributed by atoms with Gasteiger partial charge >= 0.3 is 0 Å². The molecule has 1 aromatic heterocycles. The minimum atomic E-state index is -0.732. The van der Waals surface area contributed by atoms with E-state index in [0.717, 1.165) is 17.8 Å². The third-order valence-electron chi connectivity index (χ3n) is 3.57. The predicted molar refractivity (Wildman–Crippen MR) is 98.4 cm³/mol. The van der Waals surface area contributed by atoms with Crippen molar-refractivity contribution in [1.82, 2.24) is 10.2 Å². The standard InChI is InChI=1S/C16H19Cl2N3O2S/c1-4-10(5-2)15-20-21-16(24-15)19-14(22)9(3)23-13-7-6-11(17)8-12(13)18/h6-10H,4-5H2,1-3H3,(H,19,21,22). The molecule has 0 fully saturated rings. The Bertz CT molecular complexity index is 704. The highest BCUT2D eigenvalue weighted by molar-refractivity contribution is 7.15. The summed E-state index contributed by atoms with van der Waals surface area (Å²) in [6.07, 6.45) is 1.26. The second-order valence-corrected chi connectivity index (χ2v) is 7.14. The van der Waals surface area contributed by atoms with E-state index in [-0.39, 0.29) is 5.91 Å². The number of halogens is 2. The van der Waals surface area contributed by atoms with Crippen LogP contribution < -0.4 is 10.1 Å². The molecule has 0 aliphatic heterocycles. The number of ether oxygens (including phenoxy) is 1. The summed E-state index contributed by atoms with van der Waals surface area (Å²) >= 11 is 13.3. The van der Waals surface area contributed by atoms with Crippen LogP contribution in [-0.2, 0) is 4.79 Å². The first-order chi connectivity index (χ1) is 11.4. The van der Waals surface area contributed by atoms with Gasteiger partial charge in [0.2, 0.25) is 5.13 Å². The van der Waals surface area contributed by atoms with Crippen LogP contribution in [0.1, 0.15) is 44.5 Å². The second kappa shape index (κ2) is 8.65. The van der Waals surface area contributed by atoms with Gasteiger partial charge in [0.25, 0.3) is 5.91 Å². The first-order valence-corrected chi connectivity index (χ1v) is 9.27. The van der Waals surface area contributed by atoms with Gasteiger partial charge in [-0.25, -0.2) is 0 Å². The van der Waals surface area contributed by atoms with Crippen molar-refractivity contribution in [2.24, 2.45) is 0 Å². The van der Waals surface area contributed by atoms with Crippen LogP contribution in [0.3, 0.4) is 0 Å². The second-order valence-electron chi connectivity index (χ2n) is 5.28. The number of hydrogen-bond donors (Lipinski definition) is 1. The molecule has 1 aromatic carbocycles. The molecule has 1 atom stereocenters. The Morgan fingerprint density at radius 3 is 2.62 bits per heavy atom. The molecule has 1 N–H and O–H groups in total. The number of nitrogens with one attached hydrogen (secondary N) is 1. The van der Waals surface area contributed by atoms with E-state index in [2.05, 4.69) is 29.4 Å². The van der Waals surface area contributed by atoms with Crippen molar-refractivity contribution < 1.29 is 9.53 Å². The molecule has 24 heavy (non-hydrogen) atoms. The third-order valence-corrected chi connectivity index (χ3v) is 5.10. The predicted octanol–water partition coefficient (Wildman–Crippen LogP) is 5.15. The quantitative estimate of drug-likeness (QED) is 0.712. The average Bonchev–Trinajstić information content (AvgIpc) is 2.99. The molecule has 0 saturated heterocycles. The molecule has 0 saturated carbocycles. The van der Waals surface area contributed by atoms with Crippen molar-refractivity contribution in [3.63, 3.8) is 0 Å². The maximum Gasteiger partial charge on any atom is 0.266 e. The van der Waals surface area contributed by atoms with E-state index in [1.165, 1.54) is 11.3 Å². The molecule has 2 aromatic rings. The number of hydrogen-bond acceptors (Lipinski definition) is 5. The summed E-state index contributed by atoms with van der Waals surface area (Å²) in [5, 5.41) is 13.2. The molecular weight excluding hydrogens is 369 g/mol. The molecule has 1 heterocycles. The van der Waals surface area contributed by atoms with Gasteiger partial charge in [-0.3, -0.25) is 10.1 Å².